The topological polar surface area (TPSA) is 204 Å². The van der Waals surface area contributed by atoms with Crippen LogP contribution in [-0.4, -0.2) is 165 Å². The third kappa shape index (κ3) is 15.6. The first kappa shape index (κ1) is 81.2. The molecule has 2 aliphatic heterocycles. The highest BCUT2D eigenvalue weighted by Crippen LogP contribution is 2.69. The molecule has 27 atom stereocenters. The van der Waals surface area contributed by atoms with Gasteiger partial charge in [0.1, 0.15) is 11.9 Å². The maximum atomic E-state index is 12.0. The quantitative estimate of drug-likeness (QED) is 0.0915. The number of cyclic esters (lactones) is 1. The van der Waals surface area contributed by atoms with Crippen molar-refractivity contribution in [3.8, 4) is 0 Å². The predicted octanol–water partition coefficient (Wildman–Crippen LogP) is 16.4. The molecule has 16 nitrogen and oxygen atoms in total. The molecule has 632 valence electrons. The average Bonchev–Trinajstić information content (AvgIpc) is 1.56. The van der Waals surface area contributed by atoms with E-state index in [9.17, 15) is 29.7 Å². The summed E-state index contributed by atoms with van der Waals surface area (Å²) in [4.78, 5) is 34.8. The van der Waals surface area contributed by atoms with Crippen LogP contribution in [0.15, 0.2) is 0 Å². The van der Waals surface area contributed by atoms with Crippen molar-refractivity contribution >= 4 is 17.7 Å². The van der Waals surface area contributed by atoms with E-state index in [0.29, 0.717) is 101 Å². The number of hydrogen-bond acceptors (Lipinski definition) is 16. The Morgan fingerprint density at radius 3 is 1.47 bits per heavy atom. The third-order valence-electron chi connectivity index (χ3n) is 36.7. The van der Waals surface area contributed by atoms with Crippen molar-refractivity contribution in [3.63, 3.8) is 0 Å². The van der Waals surface area contributed by atoms with E-state index >= 15 is 0 Å². The summed E-state index contributed by atoms with van der Waals surface area (Å²) in [5.41, 5.74) is 0.0295. The Morgan fingerprint density at radius 2 is 0.866 bits per heavy atom. The summed E-state index contributed by atoms with van der Waals surface area (Å²) in [5, 5.41) is 30.8. The van der Waals surface area contributed by atoms with Crippen LogP contribution in [0.2, 0.25) is 0 Å². The molecule has 0 amide bonds. The van der Waals surface area contributed by atoms with Crippen molar-refractivity contribution in [1.82, 2.24) is 0 Å². The number of esters is 2. The van der Waals surface area contributed by atoms with Gasteiger partial charge in [-0.2, -0.15) is 0 Å². The minimum Gasteiger partial charge on any atom is -0.465 e. The fourth-order valence-corrected chi connectivity index (χ4v) is 35.1. The number of ether oxygens (including phenoxy) is 10. The normalized spacial score (nSPS) is 53.5. The summed E-state index contributed by atoms with van der Waals surface area (Å²) in [7, 11) is 0. The van der Waals surface area contributed by atoms with Crippen LogP contribution in [0.4, 0.5) is 0 Å². The van der Waals surface area contributed by atoms with Gasteiger partial charge in [0.2, 0.25) is 0 Å². The molecular formula is C96H152O16. The van der Waals surface area contributed by atoms with E-state index in [-0.39, 0.29) is 70.9 Å². The van der Waals surface area contributed by atoms with Crippen molar-refractivity contribution in [1.29, 1.82) is 0 Å². The highest BCUT2D eigenvalue weighted by molar-refractivity contribution is 5.86. The van der Waals surface area contributed by atoms with Gasteiger partial charge < -0.3 is 62.7 Å². The van der Waals surface area contributed by atoms with Gasteiger partial charge in [-0.1, -0.05) is 0 Å². The van der Waals surface area contributed by atoms with Crippen LogP contribution >= 0.6 is 0 Å². The Labute approximate surface area is 673 Å². The zero-order chi connectivity index (χ0) is 77.3. The highest BCUT2D eigenvalue weighted by atomic mass is 16.6. The predicted molar refractivity (Wildman–Crippen MR) is 426 cm³/mol. The van der Waals surface area contributed by atoms with Crippen molar-refractivity contribution < 1.29 is 77.1 Å². The van der Waals surface area contributed by atoms with Crippen LogP contribution in [0.1, 0.15) is 274 Å². The molecule has 27 unspecified atom stereocenters. The third-order valence-corrected chi connectivity index (χ3v) is 36.7. The molecule has 0 aromatic heterocycles. The van der Waals surface area contributed by atoms with Gasteiger partial charge in [0.15, 0.2) is 0 Å². The Morgan fingerprint density at radius 1 is 0.366 bits per heavy atom. The van der Waals surface area contributed by atoms with E-state index in [1.165, 1.54) is 116 Å². The molecule has 112 heavy (non-hydrogen) atoms. The molecule has 28 aliphatic carbocycles. The largest absolute Gasteiger partial charge is 0.465 e. The minimum atomic E-state index is -0.362. The monoisotopic (exact) mass is 1560 g/mol. The minimum absolute atomic E-state index is 0.0212. The Balaban J connectivity index is 0.0000000894. The molecule has 28 saturated carbocycles. The van der Waals surface area contributed by atoms with Crippen LogP contribution in [0, 0.1) is 177 Å². The maximum absolute atomic E-state index is 12.0. The number of rotatable bonds is 17. The van der Waals surface area contributed by atoms with E-state index < -0.39 is 0 Å². The lowest BCUT2D eigenvalue weighted by molar-refractivity contribution is -0.218. The van der Waals surface area contributed by atoms with E-state index in [1.54, 1.807) is 25.7 Å². The summed E-state index contributed by atoms with van der Waals surface area (Å²) >= 11 is 0. The molecule has 28 bridgehead atoms. The van der Waals surface area contributed by atoms with Crippen molar-refractivity contribution in [2.24, 2.45) is 177 Å². The number of fused-ring (bicyclic) bond motifs is 15. The summed E-state index contributed by atoms with van der Waals surface area (Å²) in [6.45, 7) is 24.9. The van der Waals surface area contributed by atoms with Crippen LogP contribution < -0.4 is 0 Å². The molecule has 16 heteroatoms. The average molecular weight is 1560 g/mol. The number of aliphatic hydroxyl groups excluding tert-OH is 1. The number of carbonyl (C=O) groups is 3. The van der Waals surface area contributed by atoms with E-state index in [0.717, 1.165) is 231 Å². The van der Waals surface area contributed by atoms with Crippen molar-refractivity contribution in [2.75, 3.05) is 66.1 Å². The molecule has 30 aliphatic rings. The van der Waals surface area contributed by atoms with Gasteiger partial charge >= 0.3 is 11.9 Å². The van der Waals surface area contributed by atoms with Gasteiger partial charge in [-0.25, -0.2) is 0 Å². The zero-order valence-corrected chi connectivity index (χ0v) is 70.6. The lowest BCUT2D eigenvalue weighted by atomic mass is 9.50. The first-order valence-electron chi connectivity index (χ1n) is 48.1. The Kier molecular flexibility index (Phi) is 24.1. The molecule has 30 rings (SSSR count). The summed E-state index contributed by atoms with van der Waals surface area (Å²) in [6, 6.07) is 0. The molecule has 30 fully saturated rings. The molecule has 0 radical (unpaired) electrons. The van der Waals surface area contributed by atoms with Gasteiger partial charge in [0.05, 0.1) is 84.6 Å². The van der Waals surface area contributed by atoms with Gasteiger partial charge in [-0.15, -0.1) is 0 Å². The highest BCUT2D eigenvalue weighted by Gasteiger charge is 2.67. The number of ketones is 1. The second-order valence-electron chi connectivity index (χ2n) is 43.6. The van der Waals surface area contributed by atoms with Gasteiger partial charge in [0.25, 0.3) is 0 Å². The van der Waals surface area contributed by atoms with Crippen molar-refractivity contribution in [2.45, 2.75) is 339 Å². The smallest absolute Gasteiger partial charge is 0.309 e. The Hall–Kier alpha value is -1.83. The summed E-state index contributed by atoms with van der Waals surface area (Å²) in [6.07, 6.45) is 46.0. The molecule has 2 heterocycles. The SMILES string of the molecule is CCOC12CC3CC(CC(O)(C3)C1)C2.CCOC1C2CC3C(=O)OC1C3C2.CCOC1C2CC3CC(C2)C(=O)C1C3.CCOC1C2CC3CC(C2)CC1C3.CCOC1C2CC3CC1CC(O)(C3)C2.CCOC1CC2CC1C1C3CC(CC3O)C21.CCOC1CC2CC1C1COC(=O)C21.CCOCC12CC3CC(CC(C3)C1)C2. The molecule has 0 aromatic carbocycles. The van der Waals surface area contributed by atoms with Gasteiger partial charge in [-0.3, -0.25) is 14.4 Å². The first-order chi connectivity index (χ1) is 54.2. The molecule has 2 saturated heterocycles. The van der Waals surface area contributed by atoms with E-state index in [4.69, 9.17) is 47.4 Å². The fraction of sp³-hybridized carbons (Fsp3) is 0.969. The number of aliphatic hydroxyl groups is 3. The first-order valence-corrected chi connectivity index (χ1v) is 48.1. The number of Topliss-reactive ketones (excluding diaryl/α,β-unsaturated/α-hetero) is 1. The zero-order valence-electron chi connectivity index (χ0n) is 70.6. The molecule has 3 N–H and O–H groups in total. The van der Waals surface area contributed by atoms with Crippen LogP contribution in [-0.2, 0) is 61.8 Å². The lowest BCUT2D eigenvalue weighted by Gasteiger charge is -2.59. The molecular weight excluding hydrogens is 1410 g/mol. The second-order valence-corrected chi connectivity index (χ2v) is 43.6. The van der Waals surface area contributed by atoms with Crippen LogP contribution in [0.5, 0.6) is 0 Å². The summed E-state index contributed by atoms with van der Waals surface area (Å²) < 4.78 is 56.9. The van der Waals surface area contributed by atoms with E-state index in [2.05, 4.69) is 34.6 Å². The fourth-order valence-electron chi connectivity index (χ4n) is 35.1. The number of carbonyl (C=O) groups excluding carboxylic acids is 3. The number of hydrogen-bond donors (Lipinski definition) is 3. The van der Waals surface area contributed by atoms with Crippen molar-refractivity contribution in [3.05, 3.63) is 0 Å². The van der Waals surface area contributed by atoms with Gasteiger partial charge in [0, 0.05) is 82.9 Å². The summed E-state index contributed by atoms with van der Waals surface area (Å²) in [5.74, 6) is 21.8. The Bertz CT molecular complexity index is 3130. The standard InChI is InChI=1S/C14H22O2.C13H22O.2C12H20O2.C12H18O2.C12H20O.C11H16O3.C10H14O3/c1-2-16-12-6-8-4-10(12)14-9-3-7(13(8)14)5-11(9)15;1-2-14-9-13-6-10-3-11(7-13)5-12(4-10)8-13;1-2-14-12-6-9-3-10(7-12)5-11(13,4-9)8-12;1-2-14-11-9-3-8-4-10(11)7-12(13,5-8)6-9;1-2-14-12-9-4-7-3-8(6-9)11(13)10(12)5-7;1-2-13-12-10-4-8-3-9(6-10)7-11(12)5-8;1-2-13-9-4-6-3-7(9)8-5-14-11(12)10(6)8;1-2-12-8-5-3-6-7(4-5)10(11)13-9(6)8/h7-15H,2-6H2,1H3;10-12H,2-9H2,1H3;9-10,13H,2-8H2,1H3;8-11,13H,2-7H2,1H3;7-10,12H,2-6H2,1H3;8-12H,2-7H2,1H3;6-10H,2-5H2,1H3;5-9H,2-4H2,1H3. The molecule has 0 aromatic rings. The molecule has 0 spiro atoms. The maximum Gasteiger partial charge on any atom is 0.309 e. The van der Waals surface area contributed by atoms with Crippen LogP contribution in [0.3, 0.4) is 0 Å². The van der Waals surface area contributed by atoms with Crippen LogP contribution in [0.25, 0.3) is 0 Å². The lowest BCUT2D eigenvalue weighted by Crippen LogP contribution is -2.59. The van der Waals surface area contributed by atoms with E-state index in [1.807, 2.05) is 20.8 Å². The van der Waals surface area contributed by atoms with Gasteiger partial charge in [-0.05, 0) is 409 Å². The second kappa shape index (κ2) is 33.2.